The van der Waals surface area contributed by atoms with Gasteiger partial charge in [-0.15, -0.1) is 0 Å². The zero-order valence-corrected chi connectivity index (χ0v) is 13.7. The predicted molar refractivity (Wildman–Crippen MR) is 90.7 cm³/mol. The Morgan fingerprint density at radius 2 is 2.12 bits per heavy atom. The van der Waals surface area contributed by atoms with Crippen molar-refractivity contribution in [2.24, 2.45) is 0 Å². The lowest BCUT2D eigenvalue weighted by molar-refractivity contribution is -0.384. The molecule has 0 radical (unpaired) electrons. The molecule has 2 fully saturated rings. The van der Waals surface area contributed by atoms with Crippen molar-refractivity contribution in [2.75, 3.05) is 13.1 Å². The number of carbonyl (C=O) groups excluding carboxylic acids is 1. The second-order valence-corrected chi connectivity index (χ2v) is 6.52. The van der Waals surface area contributed by atoms with Crippen molar-refractivity contribution in [3.63, 3.8) is 0 Å². The fourth-order valence-corrected chi connectivity index (χ4v) is 3.89. The van der Waals surface area contributed by atoms with E-state index < -0.39 is 4.92 Å². The topological polar surface area (TPSA) is 93.3 Å². The maximum absolute atomic E-state index is 13.0. The number of imidazole rings is 1. The third kappa shape index (κ3) is 2.78. The number of hydrogen-bond acceptors (Lipinski definition) is 5. The molecule has 4 rings (SSSR count). The van der Waals surface area contributed by atoms with Crippen LogP contribution >= 0.6 is 0 Å². The molecule has 130 valence electrons. The highest BCUT2D eigenvalue weighted by atomic mass is 16.6. The van der Waals surface area contributed by atoms with E-state index in [1.165, 1.54) is 12.4 Å². The molecule has 2 aliphatic rings. The highest BCUT2D eigenvalue weighted by Crippen LogP contribution is 2.31. The molecule has 0 saturated carbocycles. The summed E-state index contributed by atoms with van der Waals surface area (Å²) in [5, 5.41) is 14.9. The molecule has 8 nitrogen and oxygen atoms in total. The number of nitrogens with one attached hydrogen (secondary N) is 1. The van der Waals surface area contributed by atoms with E-state index in [2.05, 4.69) is 10.3 Å². The Hall–Kier alpha value is -2.74. The highest BCUT2D eigenvalue weighted by molar-refractivity contribution is 5.96. The first-order valence-electron chi connectivity index (χ1n) is 8.45. The predicted octanol–water partition coefficient (Wildman–Crippen LogP) is 1.75. The Morgan fingerprint density at radius 1 is 1.28 bits per heavy atom. The molecule has 1 aromatic carbocycles. The van der Waals surface area contributed by atoms with Crippen LogP contribution in [0, 0.1) is 10.1 Å². The van der Waals surface area contributed by atoms with Crippen LogP contribution in [0.5, 0.6) is 0 Å². The summed E-state index contributed by atoms with van der Waals surface area (Å²) < 4.78 is 1.58. The van der Waals surface area contributed by atoms with E-state index >= 15 is 0 Å². The molecule has 8 heteroatoms. The van der Waals surface area contributed by atoms with E-state index in [1.54, 1.807) is 29.1 Å². The number of nitro benzene ring substituents is 1. The number of hydrogen-bond donors (Lipinski definition) is 1. The first-order valence-corrected chi connectivity index (χ1v) is 8.45. The van der Waals surface area contributed by atoms with Gasteiger partial charge in [-0.25, -0.2) is 4.98 Å². The minimum atomic E-state index is -0.454. The molecule has 2 aromatic rings. The molecule has 3 heterocycles. The van der Waals surface area contributed by atoms with E-state index in [0.717, 1.165) is 32.4 Å². The number of benzene rings is 1. The summed E-state index contributed by atoms with van der Waals surface area (Å²) in [5.74, 6) is -0.114. The monoisotopic (exact) mass is 341 g/mol. The highest BCUT2D eigenvalue weighted by Gasteiger charge is 2.38. The first-order chi connectivity index (χ1) is 12.1. The van der Waals surface area contributed by atoms with Gasteiger partial charge in [0, 0.05) is 42.7 Å². The van der Waals surface area contributed by atoms with Gasteiger partial charge in [-0.3, -0.25) is 14.9 Å². The third-order valence-electron chi connectivity index (χ3n) is 5.09. The van der Waals surface area contributed by atoms with Gasteiger partial charge in [0.2, 0.25) is 0 Å². The maximum Gasteiger partial charge on any atom is 0.294 e. The van der Waals surface area contributed by atoms with Crippen molar-refractivity contribution in [2.45, 2.75) is 31.3 Å². The van der Waals surface area contributed by atoms with Crippen LogP contribution in [0.4, 0.5) is 5.69 Å². The molecule has 1 amide bonds. The lowest BCUT2D eigenvalue weighted by Gasteiger charge is -2.28. The lowest BCUT2D eigenvalue weighted by atomic mass is 10.1. The number of aromatic nitrogens is 2. The number of carbonyl (C=O) groups is 1. The van der Waals surface area contributed by atoms with E-state index in [-0.39, 0.29) is 23.7 Å². The quantitative estimate of drug-likeness (QED) is 0.678. The molecule has 0 aliphatic carbocycles. The number of amides is 1. The normalized spacial score (nSPS) is 22.6. The van der Waals surface area contributed by atoms with Gasteiger partial charge in [-0.05, 0) is 37.9 Å². The molecule has 2 saturated heterocycles. The van der Waals surface area contributed by atoms with Crippen molar-refractivity contribution in [1.29, 1.82) is 0 Å². The number of fused-ring (bicyclic) bond motifs is 2. The SMILES string of the molecule is O=C(c1ccc(-n2ccnc2)c([N+](=O)[O-])c1)N1C2CCNCC1CC2. The largest absolute Gasteiger partial charge is 0.331 e. The van der Waals surface area contributed by atoms with Crippen LogP contribution in [0.3, 0.4) is 0 Å². The Morgan fingerprint density at radius 3 is 2.88 bits per heavy atom. The molecule has 0 spiro atoms. The second-order valence-electron chi connectivity index (χ2n) is 6.52. The van der Waals surface area contributed by atoms with Gasteiger partial charge in [0.1, 0.15) is 5.69 Å². The van der Waals surface area contributed by atoms with Gasteiger partial charge >= 0.3 is 0 Å². The van der Waals surface area contributed by atoms with Gasteiger partial charge in [0.25, 0.3) is 11.6 Å². The lowest BCUT2D eigenvalue weighted by Crippen LogP contribution is -2.42. The fourth-order valence-electron chi connectivity index (χ4n) is 3.89. The van der Waals surface area contributed by atoms with Gasteiger partial charge in [-0.2, -0.15) is 0 Å². The van der Waals surface area contributed by atoms with Gasteiger partial charge in [0.05, 0.1) is 11.3 Å². The first kappa shape index (κ1) is 15.8. The Kier molecular flexibility index (Phi) is 3.96. The standard InChI is InChI=1S/C17H19N5O3/c23-17(21-13-2-3-14(21)10-18-6-5-13)12-1-4-15(16(9-12)22(24)25)20-8-7-19-11-20/h1,4,7-9,11,13-14,18H,2-3,5-6,10H2. The van der Waals surface area contributed by atoms with Crippen molar-refractivity contribution in [3.8, 4) is 5.69 Å². The van der Waals surface area contributed by atoms with Crippen LogP contribution < -0.4 is 5.32 Å². The van der Waals surface area contributed by atoms with E-state index in [4.69, 9.17) is 0 Å². The van der Waals surface area contributed by atoms with Crippen molar-refractivity contribution < 1.29 is 9.72 Å². The number of rotatable bonds is 3. The average molecular weight is 341 g/mol. The van der Waals surface area contributed by atoms with Gasteiger partial charge in [-0.1, -0.05) is 0 Å². The van der Waals surface area contributed by atoms with E-state index in [0.29, 0.717) is 11.3 Å². The van der Waals surface area contributed by atoms with Crippen LogP contribution in [-0.4, -0.2) is 50.5 Å². The molecule has 1 N–H and O–H groups in total. The van der Waals surface area contributed by atoms with E-state index in [9.17, 15) is 14.9 Å². The molecule has 2 unspecified atom stereocenters. The summed E-state index contributed by atoms with van der Waals surface area (Å²) in [6.45, 7) is 1.70. The van der Waals surface area contributed by atoms with Crippen molar-refractivity contribution in [3.05, 3.63) is 52.6 Å². The average Bonchev–Trinajstić information content (AvgIpc) is 3.21. The van der Waals surface area contributed by atoms with Crippen LogP contribution in [0.25, 0.3) is 5.69 Å². The minimum Gasteiger partial charge on any atom is -0.331 e. The zero-order chi connectivity index (χ0) is 17.4. The molecule has 1 aromatic heterocycles. The molecule has 2 aliphatic heterocycles. The zero-order valence-electron chi connectivity index (χ0n) is 13.7. The fraction of sp³-hybridized carbons (Fsp3) is 0.412. The van der Waals surface area contributed by atoms with Crippen molar-refractivity contribution >= 4 is 11.6 Å². The molecule has 2 bridgehead atoms. The Bertz CT molecular complexity index is 791. The summed E-state index contributed by atoms with van der Waals surface area (Å²) >= 11 is 0. The smallest absolute Gasteiger partial charge is 0.294 e. The van der Waals surface area contributed by atoms with E-state index in [1.807, 2.05) is 4.90 Å². The van der Waals surface area contributed by atoms with Crippen LogP contribution in [0.2, 0.25) is 0 Å². The summed E-state index contributed by atoms with van der Waals surface area (Å²) in [4.78, 5) is 29.9. The summed E-state index contributed by atoms with van der Waals surface area (Å²) in [6, 6.07) is 5.07. The Balaban J connectivity index is 1.70. The summed E-state index contributed by atoms with van der Waals surface area (Å²) in [7, 11) is 0. The second kappa shape index (κ2) is 6.29. The maximum atomic E-state index is 13.0. The van der Waals surface area contributed by atoms with Gasteiger partial charge in [0.15, 0.2) is 0 Å². The van der Waals surface area contributed by atoms with Crippen LogP contribution in [-0.2, 0) is 0 Å². The summed E-state index contributed by atoms with van der Waals surface area (Å²) in [6.07, 6.45) is 7.63. The summed E-state index contributed by atoms with van der Waals surface area (Å²) in [5.41, 5.74) is 0.679. The Labute approximate surface area is 144 Å². The van der Waals surface area contributed by atoms with Crippen molar-refractivity contribution in [1.82, 2.24) is 19.8 Å². The third-order valence-corrected chi connectivity index (χ3v) is 5.09. The van der Waals surface area contributed by atoms with Gasteiger partial charge < -0.3 is 14.8 Å². The minimum absolute atomic E-state index is 0.0934. The molecule has 2 atom stereocenters. The number of nitro groups is 1. The molecule has 25 heavy (non-hydrogen) atoms. The molecular formula is C17H19N5O3. The van der Waals surface area contributed by atoms with Crippen LogP contribution in [0.15, 0.2) is 36.9 Å². The van der Waals surface area contributed by atoms with Crippen LogP contribution in [0.1, 0.15) is 29.6 Å². The number of nitrogens with zero attached hydrogens (tertiary/aromatic N) is 4. The molecular weight excluding hydrogens is 322 g/mol.